The van der Waals surface area contributed by atoms with Crippen molar-refractivity contribution >= 4 is 29.3 Å². The topological polar surface area (TPSA) is 85.3 Å². The number of ether oxygens (including phenoxy) is 1. The molecule has 3 aromatic rings. The normalized spacial score (nSPS) is 11.6. The summed E-state index contributed by atoms with van der Waals surface area (Å²) in [4.78, 5) is 24.6. The van der Waals surface area contributed by atoms with Crippen LogP contribution < -0.4 is 10.6 Å². The van der Waals surface area contributed by atoms with Crippen molar-refractivity contribution < 1.29 is 14.3 Å². The quantitative estimate of drug-likeness (QED) is 0.548. The van der Waals surface area contributed by atoms with Crippen molar-refractivity contribution in [3.05, 3.63) is 82.1 Å². The van der Waals surface area contributed by atoms with E-state index in [1.54, 1.807) is 54.2 Å². The summed E-state index contributed by atoms with van der Waals surface area (Å²) in [6.07, 6.45) is 0.222. The van der Waals surface area contributed by atoms with Gasteiger partial charge in [0.2, 0.25) is 0 Å². The summed E-state index contributed by atoms with van der Waals surface area (Å²) in [7, 11) is 1.76. The van der Waals surface area contributed by atoms with Crippen LogP contribution in [0.3, 0.4) is 0 Å². The number of amides is 2. The van der Waals surface area contributed by atoms with E-state index < -0.39 is 6.09 Å². The van der Waals surface area contributed by atoms with Gasteiger partial charge in [-0.25, -0.2) is 4.79 Å². The molecule has 0 saturated carbocycles. The second kappa shape index (κ2) is 10.1. The molecule has 0 saturated heterocycles. The fourth-order valence-corrected chi connectivity index (χ4v) is 3.13. The molecule has 0 aliphatic heterocycles. The van der Waals surface area contributed by atoms with E-state index in [2.05, 4.69) is 15.7 Å². The first-order valence-corrected chi connectivity index (χ1v) is 10.4. The third-order valence-corrected chi connectivity index (χ3v) is 5.07. The summed E-state index contributed by atoms with van der Waals surface area (Å²) in [6, 6.07) is 15.9. The lowest BCUT2D eigenvalue weighted by atomic mass is 10.1. The van der Waals surface area contributed by atoms with Crippen molar-refractivity contribution in [1.29, 1.82) is 0 Å². The molecule has 2 N–H and O–H groups in total. The highest BCUT2D eigenvalue weighted by Gasteiger charge is 2.16. The van der Waals surface area contributed by atoms with Gasteiger partial charge in [0.25, 0.3) is 5.91 Å². The average molecular weight is 441 g/mol. The van der Waals surface area contributed by atoms with Crippen molar-refractivity contribution in [2.75, 3.05) is 5.32 Å². The lowest BCUT2D eigenvalue weighted by molar-refractivity contribution is 0.0930. The second-order valence-electron chi connectivity index (χ2n) is 7.14. The molecule has 2 aromatic carbocycles. The number of anilines is 1. The number of hydrogen-bond donors (Lipinski definition) is 2. The van der Waals surface area contributed by atoms with Crippen LogP contribution in [0.2, 0.25) is 5.02 Å². The van der Waals surface area contributed by atoms with E-state index in [0.29, 0.717) is 16.4 Å². The van der Waals surface area contributed by atoms with Gasteiger partial charge in [-0.2, -0.15) is 5.10 Å². The molecular weight excluding hydrogens is 416 g/mol. The Morgan fingerprint density at radius 1 is 1.13 bits per heavy atom. The molecule has 0 radical (unpaired) electrons. The van der Waals surface area contributed by atoms with Crippen LogP contribution in [0.4, 0.5) is 10.5 Å². The molecule has 1 unspecified atom stereocenters. The zero-order chi connectivity index (χ0) is 22.4. The van der Waals surface area contributed by atoms with E-state index in [1.165, 1.54) is 0 Å². The smallest absolute Gasteiger partial charge is 0.411 e. The van der Waals surface area contributed by atoms with Crippen molar-refractivity contribution in [3.63, 3.8) is 0 Å². The molecule has 3 rings (SSSR count). The summed E-state index contributed by atoms with van der Waals surface area (Å²) in [5.41, 5.74) is 3.75. The number of nitrogens with one attached hydrogen (secondary N) is 2. The molecular formula is C23H25ClN4O3. The Morgan fingerprint density at radius 3 is 2.42 bits per heavy atom. The van der Waals surface area contributed by atoms with Crippen LogP contribution in [-0.4, -0.2) is 21.8 Å². The number of nitrogens with zero attached hydrogens (tertiary/aromatic N) is 2. The van der Waals surface area contributed by atoms with Crippen LogP contribution in [0.15, 0.2) is 54.6 Å². The highest BCUT2D eigenvalue weighted by Crippen LogP contribution is 2.17. The van der Waals surface area contributed by atoms with Gasteiger partial charge in [-0.3, -0.25) is 14.8 Å². The van der Waals surface area contributed by atoms with E-state index in [4.69, 9.17) is 16.3 Å². The Morgan fingerprint density at radius 2 is 1.81 bits per heavy atom. The van der Waals surface area contributed by atoms with E-state index in [1.807, 2.05) is 26.0 Å². The third kappa shape index (κ3) is 6.08. The van der Waals surface area contributed by atoms with Crippen LogP contribution in [0.1, 0.15) is 47.2 Å². The van der Waals surface area contributed by atoms with Gasteiger partial charge < -0.3 is 10.1 Å². The van der Waals surface area contributed by atoms with Crippen molar-refractivity contribution in [3.8, 4) is 0 Å². The van der Waals surface area contributed by atoms with Gasteiger partial charge in [0, 0.05) is 17.8 Å². The van der Waals surface area contributed by atoms with Crippen LogP contribution in [0.25, 0.3) is 0 Å². The number of hydrogen-bond acceptors (Lipinski definition) is 4. The molecule has 0 bridgehead atoms. The largest absolute Gasteiger partial charge is 0.444 e. The number of aryl methyl sites for hydroxylation is 2. The van der Waals surface area contributed by atoms with E-state index in [-0.39, 0.29) is 18.6 Å². The minimum Gasteiger partial charge on any atom is -0.444 e. The average Bonchev–Trinajstić information content (AvgIpc) is 3.14. The maximum atomic E-state index is 12.5. The van der Waals surface area contributed by atoms with Gasteiger partial charge in [0.15, 0.2) is 0 Å². The molecule has 7 nitrogen and oxygen atoms in total. The Labute approximate surface area is 186 Å². The molecule has 31 heavy (non-hydrogen) atoms. The Kier molecular flexibility index (Phi) is 7.31. The number of benzene rings is 2. The molecule has 1 heterocycles. The summed E-state index contributed by atoms with van der Waals surface area (Å²) in [5, 5.41) is 10.6. The van der Waals surface area contributed by atoms with Crippen molar-refractivity contribution in [2.45, 2.75) is 32.9 Å². The Bertz CT molecular complexity index is 1050. The van der Waals surface area contributed by atoms with E-state index in [9.17, 15) is 9.59 Å². The van der Waals surface area contributed by atoms with Crippen LogP contribution in [0, 0.1) is 0 Å². The fourth-order valence-electron chi connectivity index (χ4n) is 3.00. The third-order valence-electron chi connectivity index (χ3n) is 4.81. The predicted octanol–water partition coefficient (Wildman–Crippen LogP) is 4.88. The minimum atomic E-state index is -0.549. The lowest BCUT2D eigenvalue weighted by Gasteiger charge is -2.15. The minimum absolute atomic E-state index is 0.151. The molecule has 8 heteroatoms. The fraction of sp³-hybridized carbons (Fsp3) is 0.261. The van der Waals surface area contributed by atoms with Gasteiger partial charge >= 0.3 is 6.09 Å². The Balaban J connectivity index is 1.52. The zero-order valence-corrected chi connectivity index (χ0v) is 18.4. The van der Waals surface area contributed by atoms with E-state index in [0.717, 1.165) is 23.2 Å². The van der Waals surface area contributed by atoms with Gasteiger partial charge in [-0.05, 0) is 54.8 Å². The maximum absolute atomic E-state index is 12.5. The zero-order valence-electron chi connectivity index (χ0n) is 17.7. The summed E-state index contributed by atoms with van der Waals surface area (Å²) in [5.74, 6) is -0.185. The summed E-state index contributed by atoms with van der Waals surface area (Å²) < 4.78 is 6.80. The Hall–Kier alpha value is -3.32. The number of carbonyl (C=O) groups excluding carboxylic acids is 2. The first-order valence-electron chi connectivity index (χ1n) is 9.97. The lowest BCUT2D eigenvalue weighted by Crippen LogP contribution is -2.28. The first-order chi connectivity index (χ1) is 14.9. The molecule has 1 atom stereocenters. The molecule has 0 fully saturated rings. The molecule has 0 aliphatic carbocycles. The monoisotopic (exact) mass is 440 g/mol. The number of rotatable bonds is 7. The standard InChI is InChI=1S/C23H25ClN4O3/c1-4-19-13-21(28(3)27-19)22(29)25-15(2)17-7-11-20(12-8-17)26-23(30)31-14-16-5-9-18(24)10-6-16/h5-13,15H,4,14H2,1-3H3,(H,25,29)(H,26,30). The van der Waals surface area contributed by atoms with E-state index >= 15 is 0 Å². The number of aromatic nitrogens is 2. The summed E-state index contributed by atoms with van der Waals surface area (Å²) >= 11 is 5.84. The van der Waals surface area contributed by atoms with Crippen LogP contribution >= 0.6 is 11.6 Å². The predicted molar refractivity (Wildman–Crippen MR) is 120 cm³/mol. The molecule has 0 spiro atoms. The highest BCUT2D eigenvalue weighted by atomic mass is 35.5. The maximum Gasteiger partial charge on any atom is 0.411 e. The van der Waals surface area contributed by atoms with Crippen LogP contribution in [0.5, 0.6) is 0 Å². The van der Waals surface area contributed by atoms with Crippen LogP contribution in [-0.2, 0) is 24.8 Å². The molecule has 1 aromatic heterocycles. The van der Waals surface area contributed by atoms with Gasteiger partial charge in [-0.1, -0.05) is 42.8 Å². The van der Waals surface area contributed by atoms with Gasteiger partial charge in [-0.15, -0.1) is 0 Å². The second-order valence-corrected chi connectivity index (χ2v) is 7.58. The number of halogens is 1. The van der Waals surface area contributed by atoms with Crippen molar-refractivity contribution in [2.24, 2.45) is 7.05 Å². The molecule has 162 valence electrons. The number of carbonyl (C=O) groups is 2. The first kappa shape index (κ1) is 22.4. The summed E-state index contributed by atoms with van der Waals surface area (Å²) in [6.45, 7) is 4.05. The molecule has 2 amide bonds. The molecule has 0 aliphatic rings. The van der Waals surface area contributed by atoms with Gasteiger partial charge in [0.05, 0.1) is 11.7 Å². The SMILES string of the molecule is CCc1cc(C(=O)NC(C)c2ccc(NC(=O)OCc3ccc(Cl)cc3)cc2)n(C)n1. The highest BCUT2D eigenvalue weighted by molar-refractivity contribution is 6.30. The van der Waals surface area contributed by atoms with Gasteiger partial charge in [0.1, 0.15) is 12.3 Å². The van der Waals surface area contributed by atoms with Crippen molar-refractivity contribution in [1.82, 2.24) is 15.1 Å².